The zero-order chi connectivity index (χ0) is 12.5. The Morgan fingerprint density at radius 1 is 1.00 bits per heavy atom. The quantitative estimate of drug-likeness (QED) is 0.511. The van der Waals surface area contributed by atoms with Gasteiger partial charge in [0.25, 0.3) is 0 Å². The zero-order valence-electron chi connectivity index (χ0n) is 14.0. The molecule has 0 saturated heterocycles. The summed E-state index contributed by atoms with van der Waals surface area (Å²) in [6.07, 6.45) is 10.3. The number of phenols is 1. The molecule has 0 unspecified atom stereocenters. The molecule has 1 aromatic carbocycles. The summed E-state index contributed by atoms with van der Waals surface area (Å²) in [7, 11) is 0. The van der Waals surface area contributed by atoms with Crippen LogP contribution in [0.3, 0.4) is 0 Å². The number of benzene rings is 1. The van der Waals surface area contributed by atoms with E-state index in [1.54, 1.807) is 6.07 Å². The first-order chi connectivity index (χ1) is 8.25. The molecule has 0 aliphatic rings. The van der Waals surface area contributed by atoms with Gasteiger partial charge in [-0.1, -0.05) is 57.6 Å². The number of unbranched alkanes of at least 4 members (excludes halogenated alkanes) is 6. The van der Waals surface area contributed by atoms with E-state index in [-0.39, 0.29) is 51.7 Å². The van der Waals surface area contributed by atoms with E-state index < -0.39 is 0 Å². The Morgan fingerprint density at radius 2 is 1.61 bits per heavy atom. The van der Waals surface area contributed by atoms with Gasteiger partial charge in [0.05, 0.1) is 0 Å². The molecule has 0 saturated carbocycles. The Labute approximate surface area is 155 Å². The van der Waals surface area contributed by atoms with Gasteiger partial charge in [0.1, 0.15) is 5.75 Å². The largest absolute Gasteiger partial charge is 2.00 e. The molecule has 0 aromatic heterocycles. The van der Waals surface area contributed by atoms with E-state index in [0.717, 1.165) is 12.0 Å². The van der Waals surface area contributed by atoms with Crippen LogP contribution in [-0.4, -0.2) is 54.0 Å². The third kappa shape index (κ3) is 7.25. The number of hydrogen-bond acceptors (Lipinski definition) is 1. The van der Waals surface area contributed by atoms with Crippen molar-refractivity contribution < 1.29 is 7.96 Å². The molecule has 18 heavy (non-hydrogen) atoms. The summed E-state index contributed by atoms with van der Waals surface area (Å²) in [5, 5.41) is 9.76. The summed E-state index contributed by atoms with van der Waals surface area (Å²) < 4.78 is 0. The van der Waals surface area contributed by atoms with Crippen molar-refractivity contribution in [1.29, 1.82) is 0 Å². The minimum Gasteiger partial charge on any atom is -1.00 e. The van der Waals surface area contributed by atoms with Gasteiger partial charge in [0, 0.05) is 0 Å². The van der Waals surface area contributed by atoms with Gasteiger partial charge in [-0.15, -0.1) is 0 Å². The molecule has 1 aromatic rings. The Bertz CT molecular complexity index is 312. The maximum atomic E-state index is 9.76. The maximum Gasteiger partial charge on any atom is 2.00 e. The molecule has 0 spiro atoms. The summed E-state index contributed by atoms with van der Waals surface area (Å²) in [5.41, 5.74) is 2.36. The van der Waals surface area contributed by atoms with Crippen molar-refractivity contribution in [1.82, 2.24) is 0 Å². The third-order valence-electron chi connectivity index (χ3n) is 3.42. The van der Waals surface area contributed by atoms with Gasteiger partial charge in [0.2, 0.25) is 0 Å². The molecule has 1 rings (SSSR count). The van der Waals surface area contributed by atoms with Gasteiger partial charge >= 0.3 is 48.9 Å². The van der Waals surface area contributed by atoms with Crippen LogP contribution in [-0.2, 0) is 6.42 Å². The second kappa shape index (κ2) is 11.4. The standard InChI is InChI=1S/C16H26O.Ba.2H/c1-3-4-5-6-7-8-9-12-15-14(2)11-10-13-16(15)17;;;/h10-11,13,17H,3-9,12H2,1-2H3;;;/q;+2;2*-1. The predicted molar refractivity (Wildman–Crippen MR) is 82.5 cm³/mol. The molecule has 1 nitrogen and oxygen atoms in total. The van der Waals surface area contributed by atoms with Crippen molar-refractivity contribution in [3.8, 4) is 5.75 Å². The average molecular weight is 374 g/mol. The Morgan fingerprint density at radius 3 is 2.22 bits per heavy atom. The van der Waals surface area contributed by atoms with Crippen LogP contribution < -0.4 is 0 Å². The SMILES string of the molecule is CCCCCCCCCc1c(C)cccc1O.[Ba+2].[H-].[H-]. The molecule has 100 valence electrons. The van der Waals surface area contributed by atoms with Crippen LogP contribution in [0.5, 0.6) is 5.75 Å². The Balaban J connectivity index is -0.000000963. The number of phenolic OH excluding ortho intramolecular Hbond substituents is 1. The average Bonchev–Trinajstić information content (AvgIpc) is 2.31. The van der Waals surface area contributed by atoms with E-state index in [4.69, 9.17) is 0 Å². The van der Waals surface area contributed by atoms with Crippen molar-refractivity contribution in [2.75, 3.05) is 0 Å². The molecular weight excluding hydrogens is 346 g/mol. The second-order valence-corrected chi connectivity index (χ2v) is 4.94. The predicted octanol–water partition coefficient (Wildman–Crippen LogP) is 4.84. The molecule has 1 N–H and O–H groups in total. The van der Waals surface area contributed by atoms with Crippen LogP contribution in [0.4, 0.5) is 0 Å². The Hall–Kier alpha value is 0.591. The number of rotatable bonds is 8. The fraction of sp³-hybridized carbons (Fsp3) is 0.625. The van der Waals surface area contributed by atoms with Crippen LogP contribution in [0.25, 0.3) is 0 Å². The normalized spacial score (nSPS) is 10.1. The first kappa shape index (κ1) is 18.6. The van der Waals surface area contributed by atoms with Crippen LogP contribution in [0.2, 0.25) is 0 Å². The number of aryl methyl sites for hydroxylation is 1. The van der Waals surface area contributed by atoms with Crippen molar-refractivity contribution in [3.63, 3.8) is 0 Å². The monoisotopic (exact) mass is 374 g/mol. The molecular formula is C16H28BaO. The maximum absolute atomic E-state index is 9.76. The summed E-state index contributed by atoms with van der Waals surface area (Å²) in [4.78, 5) is 0. The molecule has 0 atom stereocenters. The molecule has 0 radical (unpaired) electrons. The summed E-state index contributed by atoms with van der Waals surface area (Å²) in [6.45, 7) is 4.33. The van der Waals surface area contributed by atoms with Gasteiger partial charge in [-0.2, -0.15) is 0 Å². The van der Waals surface area contributed by atoms with Gasteiger partial charge in [-0.25, -0.2) is 0 Å². The van der Waals surface area contributed by atoms with Crippen LogP contribution >= 0.6 is 0 Å². The summed E-state index contributed by atoms with van der Waals surface area (Å²) in [5.74, 6) is 0.469. The first-order valence-corrected chi connectivity index (χ1v) is 7.03. The van der Waals surface area contributed by atoms with E-state index in [1.807, 2.05) is 6.07 Å². The smallest absolute Gasteiger partial charge is 1.00 e. The molecule has 0 aliphatic carbocycles. The van der Waals surface area contributed by atoms with E-state index in [2.05, 4.69) is 19.9 Å². The summed E-state index contributed by atoms with van der Waals surface area (Å²) in [6, 6.07) is 5.79. The molecule has 0 heterocycles. The van der Waals surface area contributed by atoms with Gasteiger partial charge < -0.3 is 7.96 Å². The van der Waals surface area contributed by atoms with Gasteiger partial charge in [-0.05, 0) is 37.0 Å². The molecule has 2 heteroatoms. The molecule has 0 amide bonds. The van der Waals surface area contributed by atoms with E-state index >= 15 is 0 Å². The van der Waals surface area contributed by atoms with E-state index in [9.17, 15) is 5.11 Å². The number of hydrogen-bond donors (Lipinski definition) is 1. The van der Waals surface area contributed by atoms with Gasteiger partial charge in [0.15, 0.2) is 0 Å². The second-order valence-electron chi connectivity index (χ2n) is 4.94. The molecule has 0 aliphatic heterocycles. The third-order valence-corrected chi connectivity index (χ3v) is 3.42. The first-order valence-electron chi connectivity index (χ1n) is 7.03. The van der Waals surface area contributed by atoms with Crippen LogP contribution in [0.1, 0.15) is 65.8 Å². The Kier molecular flexibility index (Phi) is 11.8. The fourth-order valence-corrected chi connectivity index (χ4v) is 2.27. The topological polar surface area (TPSA) is 20.2 Å². The van der Waals surface area contributed by atoms with Crippen molar-refractivity contribution >= 4 is 48.9 Å². The van der Waals surface area contributed by atoms with Crippen molar-refractivity contribution in [2.45, 2.75) is 65.2 Å². The van der Waals surface area contributed by atoms with E-state index in [0.29, 0.717) is 5.75 Å². The van der Waals surface area contributed by atoms with Crippen LogP contribution in [0, 0.1) is 6.92 Å². The van der Waals surface area contributed by atoms with Crippen molar-refractivity contribution in [3.05, 3.63) is 29.3 Å². The minimum atomic E-state index is 0. The summed E-state index contributed by atoms with van der Waals surface area (Å²) >= 11 is 0. The molecule has 0 fully saturated rings. The fourth-order valence-electron chi connectivity index (χ4n) is 2.27. The van der Waals surface area contributed by atoms with E-state index in [1.165, 1.54) is 50.5 Å². The zero-order valence-corrected chi connectivity index (χ0v) is 16.5. The minimum absolute atomic E-state index is 0. The van der Waals surface area contributed by atoms with Crippen molar-refractivity contribution in [2.24, 2.45) is 0 Å². The number of aromatic hydroxyl groups is 1. The van der Waals surface area contributed by atoms with Crippen LogP contribution in [0.15, 0.2) is 18.2 Å². The molecule has 0 bridgehead atoms. The van der Waals surface area contributed by atoms with Gasteiger partial charge in [-0.3, -0.25) is 0 Å².